The Morgan fingerprint density at radius 1 is 1.41 bits per heavy atom. The van der Waals surface area contributed by atoms with Crippen molar-refractivity contribution in [2.24, 2.45) is 0 Å². The van der Waals surface area contributed by atoms with Crippen molar-refractivity contribution in [3.63, 3.8) is 0 Å². The normalized spacial score (nSPS) is 13.9. The van der Waals surface area contributed by atoms with E-state index in [0.717, 1.165) is 0 Å². The summed E-state index contributed by atoms with van der Waals surface area (Å²) in [5.74, 6) is -0.403. The average Bonchev–Trinajstić information content (AvgIpc) is 2.31. The van der Waals surface area contributed by atoms with E-state index < -0.39 is 11.5 Å². The Bertz CT molecular complexity index is 397. The molecule has 1 aromatic carbocycles. The van der Waals surface area contributed by atoms with Gasteiger partial charge in [0, 0.05) is 7.11 Å². The van der Waals surface area contributed by atoms with Gasteiger partial charge < -0.3 is 14.8 Å². The molecule has 1 N–H and O–H groups in total. The van der Waals surface area contributed by atoms with Gasteiger partial charge in [-0.3, -0.25) is 0 Å². The number of halogens is 1. The van der Waals surface area contributed by atoms with E-state index in [1.54, 1.807) is 19.1 Å². The number of esters is 1. The summed E-state index contributed by atoms with van der Waals surface area (Å²) in [6.45, 7) is 1.89. The number of hydrogen-bond donors (Lipinski definition) is 1. The van der Waals surface area contributed by atoms with E-state index in [2.05, 4.69) is 5.32 Å². The molecule has 0 saturated heterocycles. The zero-order valence-corrected chi connectivity index (χ0v) is 10.9. The van der Waals surface area contributed by atoms with Gasteiger partial charge in [-0.05, 0) is 19.1 Å². The highest BCUT2D eigenvalue weighted by Gasteiger charge is 2.34. The van der Waals surface area contributed by atoms with Crippen LogP contribution in [0.4, 0.5) is 5.69 Å². The van der Waals surface area contributed by atoms with Crippen LogP contribution in [0.1, 0.15) is 6.92 Å². The lowest BCUT2D eigenvalue weighted by atomic mass is 10.0. The Morgan fingerprint density at radius 2 is 2.06 bits per heavy atom. The number of rotatable bonds is 5. The zero-order chi connectivity index (χ0) is 12.9. The lowest BCUT2D eigenvalue weighted by molar-refractivity contribution is -0.147. The second-order valence-electron chi connectivity index (χ2n) is 3.86. The van der Waals surface area contributed by atoms with Crippen LogP contribution in [-0.4, -0.2) is 32.3 Å². The van der Waals surface area contributed by atoms with Crippen LogP contribution in [-0.2, 0) is 14.3 Å². The highest BCUT2D eigenvalue weighted by atomic mass is 35.5. The summed E-state index contributed by atoms with van der Waals surface area (Å²) in [7, 11) is 2.86. The molecule has 1 rings (SSSR count). The molecule has 4 nitrogen and oxygen atoms in total. The molecule has 0 aliphatic carbocycles. The van der Waals surface area contributed by atoms with Crippen molar-refractivity contribution in [2.45, 2.75) is 12.5 Å². The van der Waals surface area contributed by atoms with Gasteiger partial charge in [0.25, 0.3) is 0 Å². The van der Waals surface area contributed by atoms with E-state index in [9.17, 15) is 4.79 Å². The number of carbonyl (C=O) groups excluding carboxylic acids is 1. The monoisotopic (exact) mass is 257 g/mol. The first-order chi connectivity index (χ1) is 8.03. The first kappa shape index (κ1) is 13.8. The minimum absolute atomic E-state index is 0.185. The number of nitrogens with one attached hydrogen (secondary N) is 1. The minimum Gasteiger partial charge on any atom is -0.467 e. The summed E-state index contributed by atoms with van der Waals surface area (Å²) < 4.78 is 9.79. The highest BCUT2D eigenvalue weighted by Crippen LogP contribution is 2.25. The van der Waals surface area contributed by atoms with Crippen LogP contribution in [0.25, 0.3) is 0 Å². The molecule has 0 saturated carbocycles. The van der Waals surface area contributed by atoms with Crippen molar-refractivity contribution in [1.29, 1.82) is 0 Å². The molecule has 1 aromatic rings. The first-order valence-electron chi connectivity index (χ1n) is 5.13. The van der Waals surface area contributed by atoms with Crippen molar-refractivity contribution < 1.29 is 14.3 Å². The summed E-state index contributed by atoms with van der Waals surface area (Å²) in [4.78, 5) is 11.7. The maximum Gasteiger partial charge on any atom is 0.333 e. The van der Waals surface area contributed by atoms with Gasteiger partial charge >= 0.3 is 5.97 Å². The van der Waals surface area contributed by atoms with Crippen LogP contribution in [0.5, 0.6) is 0 Å². The molecular formula is C12H16ClNO3. The predicted molar refractivity (Wildman–Crippen MR) is 67.4 cm³/mol. The Kier molecular flexibility index (Phi) is 4.78. The molecule has 0 heterocycles. The fourth-order valence-electron chi connectivity index (χ4n) is 1.52. The third-order valence-electron chi connectivity index (χ3n) is 2.35. The lowest BCUT2D eigenvalue weighted by Crippen LogP contribution is -2.48. The number of anilines is 1. The van der Waals surface area contributed by atoms with Gasteiger partial charge in [0.2, 0.25) is 0 Å². The van der Waals surface area contributed by atoms with Crippen LogP contribution in [0, 0.1) is 0 Å². The Morgan fingerprint density at radius 3 is 2.59 bits per heavy atom. The molecule has 0 aliphatic heterocycles. The van der Waals surface area contributed by atoms with Crippen LogP contribution in [0.15, 0.2) is 24.3 Å². The minimum atomic E-state index is -0.964. The number of para-hydroxylation sites is 1. The van der Waals surface area contributed by atoms with Crippen LogP contribution in [0.2, 0.25) is 5.02 Å². The fourth-order valence-corrected chi connectivity index (χ4v) is 1.70. The molecule has 0 amide bonds. The van der Waals surface area contributed by atoms with Gasteiger partial charge in [-0.2, -0.15) is 0 Å². The molecule has 1 atom stereocenters. The summed E-state index contributed by atoms with van der Waals surface area (Å²) in [6.07, 6.45) is 0. The molecule has 0 aliphatic rings. The maximum atomic E-state index is 11.7. The quantitative estimate of drug-likeness (QED) is 0.823. The third-order valence-corrected chi connectivity index (χ3v) is 2.68. The molecule has 0 bridgehead atoms. The topological polar surface area (TPSA) is 47.6 Å². The van der Waals surface area contributed by atoms with Gasteiger partial charge in [-0.15, -0.1) is 0 Å². The molecule has 5 heteroatoms. The van der Waals surface area contributed by atoms with Crippen LogP contribution >= 0.6 is 11.6 Å². The number of benzene rings is 1. The molecular weight excluding hydrogens is 242 g/mol. The standard InChI is InChI=1S/C12H16ClNO3/c1-12(8-16-2,11(15)17-3)14-10-7-5-4-6-9(10)13/h4-7,14H,8H2,1-3H3. The number of hydrogen-bond acceptors (Lipinski definition) is 4. The van der Waals surface area contributed by atoms with Crippen LogP contribution < -0.4 is 5.32 Å². The lowest BCUT2D eigenvalue weighted by Gasteiger charge is -2.28. The molecule has 0 spiro atoms. The largest absolute Gasteiger partial charge is 0.467 e. The van der Waals surface area contributed by atoms with Crippen molar-refractivity contribution >= 4 is 23.3 Å². The molecule has 0 aromatic heterocycles. The second kappa shape index (κ2) is 5.89. The molecule has 0 radical (unpaired) electrons. The summed E-state index contributed by atoms with van der Waals surface area (Å²) in [5, 5.41) is 3.58. The third kappa shape index (κ3) is 3.35. The van der Waals surface area contributed by atoms with Crippen molar-refractivity contribution in [2.75, 3.05) is 26.1 Å². The first-order valence-corrected chi connectivity index (χ1v) is 5.51. The average molecular weight is 258 g/mol. The molecule has 17 heavy (non-hydrogen) atoms. The van der Waals surface area contributed by atoms with E-state index in [1.165, 1.54) is 14.2 Å². The summed E-state index contributed by atoms with van der Waals surface area (Å²) in [6, 6.07) is 7.19. The van der Waals surface area contributed by atoms with Crippen LogP contribution in [0.3, 0.4) is 0 Å². The second-order valence-corrected chi connectivity index (χ2v) is 4.27. The van der Waals surface area contributed by atoms with E-state index in [1.807, 2.05) is 12.1 Å². The Balaban J connectivity index is 2.94. The van der Waals surface area contributed by atoms with Crippen molar-refractivity contribution in [3.8, 4) is 0 Å². The van der Waals surface area contributed by atoms with E-state index in [0.29, 0.717) is 10.7 Å². The number of ether oxygens (including phenoxy) is 2. The van der Waals surface area contributed by atoms with Crippen molar-refractivity contribution in [1.82, 2.24) is 0 Å². The highest BCUT2D eigenvalue weighted by molar-refractivity contribution is 6.33. The maximum absolute atomic E-state index is 11.7. The van der Waals surface area contributed by atoms with E-state index in [-0.39, 0.29) is 6.61 Å². The van der Waals surface area contributed by atoms with E-state index >= 15 is 0 Å². The fraction of sp³-hybridized carbons (Fsp3) is 0.417. The van der Waals surface area contributed by atoms with Gasteiger partial charge in [-0.25, -0.2) is 4.79 Å². The molecule has 1 unspecified atom stereocenters. The predicted octanol–water partition coefficient (Wildman–Crippen LogP) is 2.33. The van der Waals surface area contributed by atoms with Gasteiger partial charge in [0.15, 0.2) is 5.54 Å². The van der Waals surface area contributed by atoms with Gasteiger partial charge in [0.05, 0.1) is 24.4 Å². The SMILES string of the molecule is COCC(C)(Nc1ccccc1Cl)C(=O)OC. The Labute approximate surface area is 106 Å². The Hall–Kier alpha value is -1.26. The van der Waals surface area contributed by atoms with Gasteiger partial charge in [0.1, 0.15) is 0 Å². The number of carbonyl (C=O) groups is 1. The summed E-state index contributed by atoms with van der Waals surface area (Å²) >= 11 is 6.02. The van der Waals surface area contributed by atoms with Crippen molar-refractivity contribution in [3.05, 3.63) is 29.3 Å². The smallest absolute Gasteiger partial charge is 0.333 e. The van der Waals surface area contributed by atoms with Gasteiger partial charge in [-0.1, -0.05) is 23.7 Å². The molecule has 94 valence electrons. The number of methoxy groups -OCH3 is 2. The summed E-state index contributed by atoms with van der Waals surface area (Å²) in [5.41, 5.74) is -0.298. The molecule has 0 fully saturated rings. The zero-order valence-electron chi connectivity index (χ0n) is 10.1. The van der Waals surface area contributed by atoms with E-state index in [4.69, 9.17) is 21.1 Å².